The molecule has 4 aliphatic carbocycles. The molecule has 4 aliphatic rings. The predicted octanol–water partition coefficient (Wildman–Crippen LogP) is 4.50. The number of hydrogen-bond donors (Lipinski definition) is 0. The first-order valence-corrected chi connectivity index (χ1v) is 9.38. The number of rotatable bonds is 1. The highest BCUT2D eigenvalue weighted by atomic mass is 16.1. The number of Topliss-reactive ketones (excluding diaryl/α,β-unsaturated/α-hetero) is 1. The molecule has 0 amide bonds. The van der Waals surface area contributed by atoms with Gasteiger partial charge in [-0.3, -0.25) is 9.59 Å². The molecule has 2 nitrogen and oxygen atoms in total. The van der Waals surface area contributed by atoms with E-state index in [9.17, 15) is 9.59 Å². The maximum atomic E-state index is 12.5. The zero-order chi connectivity index (χ0) is 16.4. The summed E-state index contributed by atoms with van der Waals surface area (Å²) >= 11 is 0. The van der Waals surface area contributed by atoms with Gasteiger partial charge in [0.05, 0.1) is 0 Å². The van der Waals surface area contributed by atoms with E-state index in [-0.39, 0.29) is 16.6 Å². The Kier molecular flexibility index (Phi) is 3.28. The second-order valence-electron chi connectivity index (χ2n) is 8.75. The van der Waals surface area contributed by atoms with Crippen molar-refractivity contribution in [1.29, 1.82) is 0 Å². The van der Waals surface area contributed by atoms with Crippen LogP contribution < -0.4 is 0 Å². The highest BCUT2D eigenvalue weighted by molar-refractivity contribution is 6.01. The van der Waals surface area contributed by atoms with Crippen LogP contribution >= 0.6 is 0 Å². The average Bonchev–Trinajstić information content (AvgIpc) is 2.83. The van der Waals surface area contributed by atoms with Gasteiger partial charge in [-0.15, -0.1) is 0 Å². The van der Waals surface area contributed by atoms with Gasteiger partial charge < -0.3 is 0 Å². The minimum Gasteiger partial charge on any atom is -0.299 e. The second-order valence-corrected chi connectivity index (χ2v) is 8.75. The molecule has 4 rings (SSSR count). The lowest BCUT2D eigenvalue weighted by atomic mass is 9.46. The Bertz CT molecular complexity index is 628. The van der Waals surface area contributed by atoms with Gasteiger partial charge in [0.1, 0.15) is 5.78 Å². The topological polar surface area (TPSA) is 34.1 Å². The largest absolute Gasteiger partial charge is 0.299 e. The molecule has 0 N–H and O–H groups in total. The molecular weight excluding hydrogens is 284 g/mol. The molecule has 124 valence electrons. The molecule has 0 aromatic carbocycles. The van der Waals surface area contributed by atoms with Crippen molar-refractivity contribution in [3.05, 3.63) is 23.8 Å². The number of ketones is 2. The fourth-order valence-corrected chi connectivity index (χ4v) is 6.58. The lowest BCUT2D eigenvalue weighted by Crippen LogP contribution is -2.51. The SMILES string of the molecule is CC[C@@H]1CC2C(CC[C@]3(C)C(=O)CCC23)[C@@]2(C)C=CC(=O)C=C12. The van der Waals surface area contributed by atoms with E-state index >= 15 is 0 Å². The molecule has 0 heterocycles. The van der Waals surface area contributed by atoms with Gasteiger partial charge in [0.25, 0.3) is 0 Å². The van der Waals surface area contributed by atoms with Crippen LogP contribution in [0.4, 0.5) is 0 Å². The van der Waals surface area contributed by atoms with Gasteiger partial charge >= 0.3 is 0 Å². The summed E-state index contributed by atoms with van der Waals surface area (Å²) in [5.74, 6) is 2.98. The van der Waals surface area contributed by atoms with Crippen molar-refractivity contribution in [3.63, 3.8) is 0 Å². The first kappa shape index (κ1) is 15.4. The molecule has 0 aromatic heterocycles. The molecular formula is C21H28O2. The number of carbonyl (C=O) groups excluding carboxylic acids is 2. The molecule has 2 heteroatoms. The van der Waals surface area contributed by atoms with Crippen LogP contribution in [0.2, 0.25) is 0 Å². The van der Waals surface area contributed by atoms with Crippen LogP contribution in [0.1, 0.15) is 59.3 Å². The van der Waals surface area contributed by atoms with Gasteiger partial charge in [0, 0.05) is 17.3 Å². The molecule has 3 unspecified atom stereocenters. The van der Waals surface area contributed by atoms with E-state index in [1.54, 1.807) is 6.08 Å². The van der Waals surface area contributed by atoms with E-state index in [0.29, 0.717) is 29.5 Å². The van der Waals surface area contributed by atoms with E-state index in [4.69, 9.17) is 0 Å². The van der Waals surface area contributed by atoms with Gasteiger partial charge in [0.2, 0.25) is 0 Å². The molecule has 6 atom stereocenters. The summed E-state index contributed by atoms with van der Waals surface area (Å²) in [6, 6.07) is 0. The third-order valence-electron chi connectivity index (χ3n) is 7.92. The summed E-state index contributed by atoms with van der Waals surface area (Å²) in [6.07, 6.45) is 12.2. The third-order valence-corrected chi connectivity index (χ3v) is 7.92. The van der Waals surface area contributed by atoms with Crippen molar-refractivity contribution in [3.8, 4) is 0 Å². The fourth-order valence-electron chi connectivity index (χ4n) is 6.58. The molecule has 0 aromatic rings. The highest BCUT2D eigenvalue weighted by Gasteiger charge is 2.59. The summed E-state index contributed by atoms with van der Waals surface area (Å²) in [4.78, 5) is 24.4. The summed E-state index contributed by atoms with van der Waals surface area (Å²) in [5.41, 5.74) is 1.34. The second kappa shape index (κ2) is 4.91. The molecule has 0 saturated heterocycles. The van der Waals surface area contributed by atoms with Crippen LogP contribution in [0.3, 0.4) is 0 Å². The fraction of sp³-hybridized carbons (Fsp3) is 0.714. The van der Waals surface area contributed by atoms with Crippen molar-refractivity contribution in [2.75, 3.05) is 0 Å². The summed E-state index contributed by atoms with van der Waals surface area (Å²) in [6.45, 7) is 6.83. The first-order valence-electron chi connectivity index (χ1n) is 9.38. The van der Waals surface area contributed by atoms with E-state index < -0.39 is 0 Å². The van der Waals surface area contributed by atoms with Gasteiger partial charge in [-0.1, -0.05) is 32.4 Å². The van der Waals surface area contributed by atoms with Gasteiger partial charge in [-0.2, -0.15) is 0 Å². The van der Waals surface area contributed by atoms with Crippen molar-refractivity contribution < 1.29 is 9.59 Å². The Balaban J connectivity index is 1.77. The zero-order valence-corrected chi connectivity index (χ0v) is 14.6. The molecule has 3 saturated carbocycles. The van der Waals surface area contributed by atoms with Gasteiger partial charge in [-0.25, -0.2) is 0 Å². The predicted molar refractivity (Wildman–Crippen MR) is 90.8 cm³/mol. The lowest BCUT2D eigenvalue weighted by molar-refractivity contribution is -0.132. The molecule has 0 bridgehead atoms. The zero-order valence-electron chi connectivity index (χ0n) is 14.6. The Morgan fingerprint density at radius 3 is 2.70 bits per heavy atom. The normalized spacial score (nSPS) is 48.6. The summed E-state index contributed by atoms with van der Waals surface area (Å²) < 4.78 is 0. The van der Waals surface area contributed by atoms with E-state index in [1.807, 2.05) is 6.08 Å². The van der Waals surface area contributed by atoms with Gasteiger partial charge in [0.15, 0.2) is 5.78 Å². The number of fused-ring (bicyclic) bond motifs is 5. The van der Waals surface area contributed by atoms with Crippen LogP contribution in [0.15, 0.2) is 23.8 Å². The van der Waals surface area contributed by atoms with Crippen LogP contribution in [-0.4, -0.2) is 11.6 Å². The Labute approximate surface area is 139 Å². The van der Waals surface area contributed by atoms with Crippen molar-refractivity contribution >= 4 is 11.6 Å². The smallest absolute Gasteiger partial charge is 0.178 e. The molecule has 0 radical (unpaired) electrons. The monoisotopic (exact) mass is 312 g/mol. The number of allylic oxidation sites excluding steroid dienone is 4. The van der Waals surface area contributed by atoms with Crippen LogP contribution in [0, 0.1) is 34.5 Å². The minimum absolute atomic E-state index is 0.0322. The first-order chi connectivity index (χ1) is 10.9. The minimum atomic E-state index is -0.0642. The quantitative estimate of drug-likeness (QED) is 0.714. The third kappa shape index (κ3) is 1.93. The number of carbonyl (C=O) groups is 2. The van der Waals surface area contributed by atoms with E-state index in [0.717, 1.165) is 32.1 Å². The Morgan fingerprint density at radius 1 is 1.17 bits per heavy atom. The van der Waals surface area contributed by atoms with E-state index in [1.165, 1.54) is 12.0 Å². The standard InChI is InChI=1S/C21H28O2/c1-4-13-11-15-16-5-6-19(23)21(16,3)10-8-17(15)20(2)9-7-14(22)12-18(13)20/h7,9,12-13,15-17H,4-6,8,10-11H2,1-3H3/t13-,15?,16?,17?,20-,21+/m1/s1. The van der Waals surface area contributed by atoms with Crippen LogP contribution in [0.5, 0.6) is 0 Å². The van der Waals surface area contributed by atoms with Crippen LogP contribution in [-0.2, 0) is 9.59 Å². The van der Waals surface area contributed by atoms with E-state index in [2.05, 4.69) is 26.8 Å². The average molecular weight is 312 g/mol. The molecule has 0 spiro atoms. The van der Waals surface area contributed by atoms with Crippen molar-refractivity contribution in [2.24, 2.45) is 34.5 Å². The molecule has 0 aliphatic heterocycles. The van der Waals surface area contributed by atoms with Crippen LogP contribution in [0.25, 0.3) is 0 Å². The Morgan fingerprint density at radius 2 is 1.96 bits per heavy atom. The van der Waals surface area contributed by atoms with Gasteiger partial charge in [-0.05, 0) is 67.9 Å². The maximum absolute atomic E-state index is 12.5. The van der Waals surface area contributed by atoms with Crippen molar-refractivity contribution in [1.82, 2.24) is 0 Å². The molecule has 3 fully saturated rings. The highest BCUT2D eigenvalue weighted by Crippen LogP contribution is 2.64. The maximum Gasteiger partial charge on any atom is 0.178 e. The number of hydrogen-bond acceptors (Lipinski definition) is 2. The summed E-state index contributed by atoms with van der Waals surface area (Å²) in [5, 5.41) is 0. The van der Waals surface area contributed by atoms with Crippen molar-refractivity contribution in [2.45, 2.75) is 59.3 Å². The Hall–Kier alpha value is -1.18. The molecule has 23 heavy (non-hydrogen) atoms. The summed E-state index contributed by atoms with van der Waals surface area (Å²) in [7, 11) is 0. The lowest BCUT2D eigenvalue weighted by Gasteiger charge is -2.57.